The number of aryl methyl sites for hydroxylation is 1. The fourth-order valence-corrected chi connectivity index (χ4v) is 6.43. The van der Waals surface area contributed by atoms with Crippen LogP contribution in [-0.2, 0) is 21.5 Å². The number of rotatable bonds is 8. The number of halogens is 1. The fraction of sp³-hybridized carbons (Fsp3) is 0.467. The summed E-state index contributed by atoms with van der Waals surface area (Å²) in [5.41, 5.74) is -0.870. The highest BCUT2D eigenvalue weighted by molar-refractivity contribution is 7.90. The summed E-state index contributed by atoms with van der Waals surface area (Å²) in [6.45, 7) is 7.84. The third kappa shape index (κ3) is 6.95. The molecule has 1 amide bonds. The number of carbonyl (C=O) groups is 1. The molecule has 12 nitrogen and oxygen atoms in total. The van der Waals surface area contributed by atoms with Gasteiger partial charge in [-0.25, -0.2) is 14.2 Å². The van der Waals surface area contributed by atoms with Crippen LogP contribution in [0, 0.1) is 23.1 Å². The third-order valence-electron chi connectivity index (χ3n) is 7.68. The number of carbonyl (C=O) groups excluding carboxylic acids is 1. The van der Waals surface area contributed by atoms with E-state index in [0.29, 0.717) is 44.2 Å². The molecule has 2 aromatic carbocycles. The lowest BCUT2D eigenvalue weighted by Gasteiger charge is -2.33. The summed E-state index contributed by atoms with van der Waals surface area (Å²) in [6, 6.07) is 8.49. The Kier molecular flexibility index (Phi) is 8.80. The van der Waals surface area contributed by atoms with Crippen LogP contribution in [0.5, 0.6) is 11.5 Å². The van der Waals surface area contributed by atoms with Crippen molar-refractivity contribution in [3.8, 4) is 17.6 Å². The van der Waals surface area contributed by atoms with Gasteiger partial charge in [0.2, 0.25) is 0 Å². The average Bonchev–Trinajstić information content (AvgIpc) is 2.93. The first-order chi connectivity index (χ1) is 20.8. The Morgan fingerprint density at radius 3 is 2.52 bits per heavy atom. The predicted octanol–water partition coefficient (Wildman–Crippen LogP) is 4.60. The van der Waals surface area contributed by atoms with Gasteiger partial charge in [0, 0.05) is 32.7 Å². The molecular weight excluding hydrogens is 591 g/mol. The zero-order chi connectivity index (χ0) is 31.6. The number of hydrogen-bond acceptors (Lipinski definition) is 8. The SMILES string of the molecule is CC(C)(C)OC(=O)N1CCC(CCn2cnc3ccc(Oc4c(F)ccc(NS(=O)(=O)N5CCC5)c4C#N)cc3c2=O)CC1. The van der Waals surface area contributed by atoms with E-state index in [1.54, 1.807) is 11.0 Å². The molecule has 0 unspecified atom stereocenters. The van der Waals surface area contributed by atoms with E-state index in [1.807, 2.05) is 26.8 Å². The minimum absolute atomic E-state index is 0.0850. The Hall–Kier alpha value is -4.22. The van der Waals surface area contributed by atoms with E-state index in [2.05, 4.69) is 9.71 Å². The van der Waals surface area contributed by atoms with Gasteiger partial charge in [-0.2, -0.15) is 18.0 Å². The Morgan fingerprint density at radius 1 is 1.16 bits per heavy atom. The normalized spacial score (nSPS) is 16.3. The Morgan fingerprint density at radius 2 is 1.89 bits per heavy atom. The molecule has 0 spiro atoms. The number of nitrogens with zero attached hydrogens (tertiary/aromatic N) is 5. The van der Waals surface area contributed by atoms with E-state index >= 15 is 0 Å². The van der Waals surface area contributed by atoms with Crippen LogP contribution in [0.3, 0.4) is 0 Å². The van der Waals surface area contributed by atoms with Crippen molar-refractivity contribution in [2.24, 2.45) is 5.92 Å². The van der Waals surface area contributed by atoms with E-state index in [-0.39, 0.29) is 34.0 Å². The lowest BCUT2D eigenvalue weighted by molar-refractivity contribution is 0.0179. The number of ether oxygens (including phenoxy) is 2. The summed E-state index contributed by atoms with van der Waals surface area (Å²) >= 11 is 0. The fourth-order valence-electron chi connectivity index (χ4n) is 5.12. The molecule has 234 valence electrons. The molecule has 5 rings (SSSR count). The number of piperidine rings is 1. The summed E-state index contributed by atoms with van der Waals surface area (Å²) in [4.78, 5) is 31.8. The van der Waals surface area contributed by atoms with Gasteiger partial charge < -0.3 is 14.4 Å². The number of hydrogen-bond donors (Lipinski definition) is 1. The molecule has 1 N–H and O–H groups in total. The molecule has 3 aromatic rings. The number of benzene rings is 2. The molecule has 2 aliphatic heterocycles. The van der Waals surface area contributed by atoms with Crippen molar-refractivity contribution in [2.75, 3.05) is 30.9 Å². The highest BCUT2D eigenvalue weighted by Gasteiger charge is 2.30. The van der Waals surface area contributed by atoms with Gasteiger partial charge in [0.05, 0.1) is 22.9 Å². The summed E-state index contributed by atoms with van der Waals surface area (Å²) < 4.78 is 56.3. The van der Waals surface area contributed by atoms with Gasteiger partial charge in [-0.05, 0) is 82.7 Å². The van der Waals surface area contributed by atoms with E-state index in [1.165, 1.54) is 33.4 Å². The van der Waals surface area contributed by atoms with Gasteiger partial charge in [0.15, 0.2) is 11.6 Å². The highest BCUT2D eigenvalue weighted by atomic mass is 32.2. The quantitative estimate of drug-likeness (QED) is 0.382. The zero-order valence-corrected chi connectivity index (χ0v) is 25.7. The Bertz CT molecular complexity index is 1770. The molecule has 3 heterocycles. The first-order valence-corrected chi connectivity index (χ1v) is 15.9. The number of nitriles is 1. The third-order valence-corrected chi connectivity index (χ3v) is 9.20. The minimum Gasteiger partial charge on any atom is -0.453 e. The summed E-state index contributed by atoms with van der Waals surface area (Å²) in [7, 11) is -3.90. The number of likely N-dealkylation sites (tertiary alicyclic amines) is 1. The number of amides is 1. The maximum Gasteiger partial charge on any atom is 0.410 e. The second-order valence-corrected chi connectivity index (χ2v) is 13.7. The van der Waals surface area contributed by atoms with Gasteiger partial charge in [-0.1, -0.05) is 0 Å². The van der Waals surface area contributed by atoms with E-state index < -0.39 is 27.4 Å². The van der Waals surface area contributed by atoms with Gasteiger partial charge in [0.1, 0.15) is 23.0 Å². The van der Waals surface area contributed by atoms with Crippen LogP contribution in [0.1, 0.15) is 52.0 Å². The van der Waals surface area contributed by atoms with Crippen molar-refractivity contribution >= 4 is 32.9 Å². The van der Waals surface area contributed by atoms with Crippen LogP contribution >= 0.6 is 0 Å². The number of aromatic nitrogens is 2. The standard InChI is InChI=1S/C30H35FN6O6S/c1-30(2,3)43-29(39)35-14-9-20(10-15-35)11-16-36-19-33-25-7-5-21(17-22(25)28(36)38)42-27-23(18-32)26(8-6-24(27)31)34-44(40,41)37-12-4-13-37/h5-8,17,19-20,34H,4,9-16H2,1-3H3. The van der Waals surface area contributed by atoms with Crippen molar-refractivity contribution in [2.45, 2.75) is 58.6 Å². The van der Waals surface area contributed by atoms with E-state index in [9.17, 15) is 27.7 Å². The Balaban J connectivity index is 1.29. The van der Waals surface area contributed by atoms with Crippen LogP contribution in [0.4, 0.5) is 14.9 Å². The van der Waals surface area contributed by atoms with Crippen LogP contribution in [0.2, 0.25) is 0 Å². The maximum absolute atomic E-state index is 14.9. The minimum atomic E-state index is -3.90. The van der Waals surface area contributed by atoms with Crippen molar-refractivity contribution < 1.29 is 27.1 Å². The molecule has 44 heavy (non-hydrogen) atoms. The van der Waals surface area contributed by atoms with Gasteiger partial charge in [0.25, 0.3) is 5.56 Å². The summed E-state index contributed by atoms with van der Waals surface area (Å²) in [5, 5.41) is 10.0. The summed E-state index contributed by atoms with van der Waals surface area (Å²) in [5.74, 6) is -0.918. The topological polar surface area (TPSA) is 147 Å². The largest absolute Gasteiger partial charge is 0.453 e. The first kappa shape index (κ1) is 31.2. The molecule has 14 heteroatoms. The molecular formula is C30H35FN6O6S. The highest BCUT2D eigenvalue weighted by Crippen LogP contribution is 2.34. The average molecular weight is 627 g/mol. The molecule has 2 fully saturated rings. The molecule has 0 saturated carbocycles. The van der Waals surface area contributed by atoms with Gasteiger partial charge >= 0.3 is 16.3 Å². The zero-order valence-electron chi connectivity index (χ0n) is 24.9. The number of nitrogens with one attached hydrogen (secondary N) is 1. The molecule has 0 bridgehead atoms. The molecule has 0 aliphatic carbocycles. The lowest BCUT2D eigenvalue weighted by atomic mass is 9.94. The molecule has 0 radical (unpaired) electrons. The van der Waals surface area contributed by atoms with Gasteiger partial charge in [-0.15, -0.1) is 0 Å². The van der Waals surface area contributed by atoms with Gasteiger partial charge in [-0.3, -0.25) is 14.1 Å². The van der Waals surface area contributed by atoms with E-state index in [4.69, 9.17) is 9.47 Å². The second kappa shape index (κ2) is 12.4. The van der Waals surface area contributed by atoms with Crippen LogP contribution < -0.4 is 15.0 Å². The Labute approximate surface area is 255 Å². The number of anilines is 1. The van der Waals surface area contributed by atoms with Crippen LogP contribution in [0.25, 0.3) is 10.9 Å². The second-order valence-electron chi connectivity index (χ2n) is 12.0. The van der Waals surface area contributed by atoms with Crippen molar-refractivity contribution in [1.29, 1.82) is 5.26 Å². The van der Waals surface area contributed by atoms with Crippen molar-refractivity contribution in [3.05, 3.63) is 58.4 Å². The molecule has 0 atom stereocenters. The van der Waals surface area contributed by atoms with Crippen molar-refractivity contribution in [3.63, 3.8) is 0 Å². The van der Waals surface area contributed by atoms with Crippen LogP contribution in [0.15, 0.2) is 41.5 Å². The maximum atomic E-state index is 14.9. The number of fused-ring (bicyclic) bond motifs is 1. The van der Waals surface area contributed by atoms with E-state index in [0.717, 1.165) is 31.7 Å². The summed E-state index contributed by atoms with van der Waals surface area (Å²) in [6.07, 6.45) is 4.23. The lowest BCUT2D eigenvalue weighted by Crippen LogP contribution is -2.45. The molecule has 2 saturated heterocycles. The monoisotopic (exact) mass is 626 g/mol. The smallest absolute Gasteiger partial charge is 0.410 e. The molecule has 1 aromatic heterocycles. The first-order valence-electron chi connectivity index (χ1n) is 14.5. The predicted molar refractivity (Wildman–Crippen MR) is 161 cm³/mol. The molecule has 2 aliphatic rings. The van der Waals surface area contributed by atoms with Crippen molar-refractivity contribution in [1.82, 2.24) is 18.8 Å². The van der Waals surface area contributed by atoms with Crippen LogP contribution in [-0.4, -0.2) is 65.0 Å².